The minimum atomic E-state index is -0.0728. The molecule has 0 saturated carbocycles. The molecule has 1 aliphatic heterocycles. The van der Waals surface area contributed by atoms with Gasteiger partial charge < -0.3 is 9.67 Å². The summed E-state index contributed by atoms with van der Waals surface area (Å²) in [6.07, 6.45) is 4.46. The van der Waals surface area contributed by atoms with Crippen molar-refractivity contribution in [2.45, 2.75) is 6.42 Å². The van der Waals surface area contributed by atoms with Crippen LogP contribution in [0.2, 0.25) is 0 Å². The van der Waals surface area contributed by atoms with Gasteiger partial charge in [-0.25, -0.2) is 0 Å². The van der Waals surface area contributed by atoms with Crippen LogP contribution in [0.15, 0.2) is 35.4 Å². The third-order valence-electron chi connectivity index (χ3n) is 3.63. The quantitative estimate of drug-likeness (QED) is 0.691. The fraction of sp³-hybridized carbons (Fsp3) is 0.250. The number of carbonyl (C=O) groups is 1. The molecule has 0 bridgehead atoms. The Morgan fingerprint density at radius 3 is 2.91 bits per heavy atom. The largest absolute Gasteiger partial charge is 0.396 e. The molecule has 0 radical (unpaired) electrons. The van der Waals surface area contributed by atoms with Gasteiger partial charge in [-0.1, -0.05) is 42.2 Å². The fourth-order valence-corrected chi connectivity index (χ4v) is 3.85. The number of thiocarbonyl (C=S) groups is 1. The normalized spacial score (nSPS) is 17.2. The number of amides is 1. The first-order valence-corrected chi connectivity index (χ1v) is 8.24. The third kappa shape index (κ3) is 2.69. The number of benzene rings is 1. The summed E-state index contributed by atoms with van der Waals surface area (Å²) in [7, 11) is 1.99. The highest BCUT2D eigenvalue weighted by Crippen LogP contribution is 2.34. The molecule has 0 unspecified atom stereocenters. The van der Waals surface area contributed by atoms with Gasteiger partial charge in [0.15, 0.2) is 0 Å². The van der Waals surface area contributed by atoms with Crippen molar-refractivity contribution >= 4 is 51.2 Å². The molecule has 6 heteroatoms. The van der Waals surface area contributed by atoms with E-state index in [1.54, 1.807) is 4.90 Å². The van der Waals surface area contributed by atoms with E-state index < -0.39 is 0 Å². The maximum absolute atomic E-state index is 12.4. The van der Waals surface area contributed by atoms with Gasteiger partial charge in [0.1, 0.15) is 4.32 Å². The van der Waals surface area contributed by atoms with Gasteiger partial charge in [0.2, 0.25) is 0 Å². The Hall–Kier alpha value is -1.63. The number of carbonyl (C=O) groups excluding carboxylic acids is 1. The monoisotopic (exact) mass is 332 g/mol. The number of hydrogen-bond acceptors (Lipinski definition) is 4. The van der Waals surface area contributed by atoms with Crippen LogP contribution in [-0.2, 0) is 11.8 Å². The summed E-state index contributed by atoms with van der Waals surface area (Å²) >= 11 is 6.59. The van der Waals surface area contributed by atoms with Gasteiger partial charge in [-0.2, -0.15) is 0 Å². The van der Waals surface area contributed by atoms with Gasteiger partial charge in [0.25, 0.3) is 5.91 Å². The van der Waals surface area contributed by atoms with Gasteiger partial charge in [0.05, 0.1) is 4.91 Å². The Kier molecular flexibility index (Phi) is 4.33. The van der Waals surface area contributed by atoms with E-state index in [2.05, 4.69) is 6.07 Å². The van der Waals surface area contributed by atoms with Gasteiger partial charge in [0, 0.05) is 42.9 Å². The van der Waals surface area contributed by atoms with E-state index in [1.807, 2.05) is 42.1 Å². The summed E-state index contributed by atoms with van der Waals surface area (Å²) in [5.41, 5.74) is 2.14. The maximum Gasteiger partial charge on any atom is 0.266 e. The molecule has 1 aromatic heterocycles. The topological polar surface area (TPSA) is 45.5 Å². The zero-order valence-electron chi connectivity index (χ0n) is 12.2. The Balaban J connectivity index is 1.95. The molecule has 22 heavy (non-hydrogen) atoms. The van der Waals surface area contributed by atoms with Crippen LogP contribution in [0.5, 0.6) is 0 Å². The third-order valence-corrected chi connectivity index (χ3v) is 5.01. The van der Waals surface area contributed by atoms with Crippen molar-refractivity contribution in [3.8, 4) is 0 Å². The summed E-state index contributed by atoms with van der Waals surface area (Å²) in [6.45, 7) is 0.521. The highest BCUT2D eigenvalue weighted by molar-refractivity contribution is 8.26. The number of aliphatic hydroxyl groups is 1. The molecule has 2 aromatic rings. The smallest absolute Gasteiger partial charge is 0.266 e. The van der Waals surface area contributed by atoms with Crippen LogP contribution in [-0.4, -0.2) is 38.0 Å². The van der Waals surface area contributed by atoms with Crippen molar-refractivity contribution in [3.05, 3.63) is 40.9 Å². The summed E-state index contributed by atoms with van der Waals surface area (Å²) in [6, 6.07) is 8.10. The van der Waals surface area contributed by atoms with E-state index >= 15 is 0 Å². The van der Waals surface area contributed by atoms with Gasteiger partial charge >= 0.3 is 0 Å². The molecule has 4 nitrogen and oxygen atoms in total. The average Bonchev–Trinajstić information content (AvgIpc) is 2.96. The molecule has 1 fully saturated rings. The Morgan fingerprint density at radius 1 is 1.36 bits per heavy atom. The van der Waals surface area contributed by atoms with Crippen LogP contribution in [0, 0.1) is 0 Å². The number of aliphatic hydroxyl groups excluding tert-OH is 1. The van der Waals surface area contributed by atoms with Crippen molar-refractivity contribution in [1.82, 2.24) is 9.47 Å². The van der Waals surface area contributed by atoms with E-state index in [9.17, 15) is 4.79 Å². The number of rotatable bonds is 4. The number of thioether (sulfide) groups is 1. The first-order valence-electron chi connectivity index (χ1n) is 7.02. The Bertz CT molecular complexity index is 780. The average molecular weight is 332 g/mol. The number of fused-ring (bicyclic) bond motifs is 1. The molecule has 3 rings (SSSR count). The van der Waals surface area contributed by atoms with E-state index in [4.69, 9.17) is 17.3 Å². The van der Waals surface area contributed by atoms with Crippen molar-refractivity contribution in [2.24, 2.45) is 7.05 Å². The molecule has 1 aliphatic rings. The lowest BCUT2D eigenvalue weighted by Gasteiger charge is -2.12. The standard InChI is InChI=1S/C16H16N2O2S2/c1-17-10-11(12-5-2-3-6-13(12)17)9-14-15(20)18(7-4-8-19)16(21)22-14/h2-3,5-6,9-10,19H,4,7-8H2,1H3/b14-9-. The second-order valence-electron chi connectivity index (χ2n) is 5.12. The molecule has 0 atom stereocenters. The summed E-state index contributed by atoms with van der Waals surface area (Å²) in [5.74, 6) is -0.0728. The molecule has 1 amide bonds. The summed E-state index contributed by atoms with van der Waals surface area (Å²) < 4.78 is 2.61. The van der Waals surface area contributed by atoms with Crippen molar-refractivity contribution in [2.75, 3.05) is 13.2 Å². The van der Waals surface area contributed by atoms with Crippen LogP contribution in [0.1, 0.15) is 12.0 Å². The van der Waals surface area contributed by atoms with Crippen LogP contribution in [0.3, 0.4) is 0 Å². The lowest BCUT2D eigenvalue weighted by atomic mass is 10.1. The maximum atomic E-state index is 12.4. The van der Waals surface area contributed by atoms with Gasteiger partial charge in [-0.05, 0) is 18.6 Å². The lowest BCUT2D eigenvalue weighted by Crippen LogP contribution is -2.29. The lowest BCUT2D eigenvalue weighted by molar-refractivity contribution is -0.122. The Labute approximate surface area is 138 Å². The molecular weight excluding hydrogens is 316 g/mol. The highest BCUT2D eigenvalue weighted by atomic mass is 32.2. The van der Waals surface area contributed by atoms with Crippen LogP contribution >= 0.6 is 24.0 Å². The SMILES string of the molecule is Cn1cc(/C=C2\SC(=S)N(CCCO)C2=O)c2ccccc21. The van der Waals surface area contributed by atoms with Crippen molar-refractivity contribution < 1.29 is 9.90 Å². The zero-order chi connectivity index (χ0) is 15.7. The molecule has 1 saturated heterocycles. The van der Waals surface area contributed by atoms with Gasteiger partial charge in [-0.3, -0.25) is 9.69 Å². The number of nitrogens with zero attached hydrogens (tertiary/aromatic N) is 2. The molecule has 1 N–H and O–H groups in total. The fourth-order valence-electron chi connectivity index (χ4n) is 2.55. The predicted octanol–water partition coefficient (Wildman–Crippen LogP) is 2.76. The Morgan fingerprint density at radius 2 is 2.14 bits per heavy atom. The molecule has 1 aromatic carbocycles. The number of aryl methyl sites for hydroxylation is 1. The zero-order valence-corrected chi connectivity index (χ0v) is 13.8. The minimum absolute atomic E-state index is 0.0550. The number of para-hydroxylation sites is 1. The van der Waals surface area contributed by atoms with Crippen molar-refractivity contribution in [3.63, 3.8) is 0 Å². The number of hydrogen-bond donors (Lipinski definition) is 1. The summed E-state index contributed by atoms with van der Waals surface area (Å²) in [5, 5.41) is 10.0. The molecular formula is C16H16N2O2S2. The molecule has 114 valence electrons. The molecule has 2 heterocycles. The van der Waals surface area contributed by atoms with E-state index in [0.717, 1.165) is 16.5 Å². The molecule has 0 aliphatic carbocycles. The van der Waals surface area contributed by atoms with Crippen LogP contribution in [0.25, 0.3) is 17.0 Å². The van der Waals surface area contributed by atoms with Crippen LogP contribution < -0.4 is 0 Å². The van der Waals surface area contributed by atoms with E-state index in [-0.39, 0.29) is 12.5 Å². The second kappa shape index (κ2) is 6.24. The number of aromatic nitrogens is 1. The van der Waals surface area contributed by atoms with Crippen molar-refractivity contribution in [1.29, 1.82) is 0 Å². The molecule has 0 spiro atoms. The predicted molar refractivity (Wildman–Crippen MR) is 94.5 cm³/mol. The van der Waals surface area contributed by atoms with E-state index in [0.29, 0.717) is 22.2 Å². The highest BCUT2D eigenvalue weighted by Gasteiger charge is 2.31. The van der Waals surface area contributed by atoms with Crippen LogP contribution in [0.4, 0.5) is 0 Å². The second-order valence-corrected chi connectivity index (χ2v) is 6.80. The van der Waals surface area contributed by atoms with E-state index in [1.165, 1.54) is 11.8 Å². The van der Waals surface area contributed by atoms with Gasteiger partial charge in [-0.15, -0.1) is 0 Å². The first kappa shape index (κ1) is 15.3. The summed E-state index contributed by atoms with van der Waals surface area (Å²) in [4.78, 5) is 14.6. The minimum Gasteiger partial charge on any atom is -0.396 e. The first-order chi connectivity index (χ1) is 10.6.